The SMILES string of the molecule is O=C(CCNCc1csc(-c2ncccn2)n1)N1CCCc2ccccc21. The molecule has 0 radical (unpaired) electrons. The van der Waals surface area contributed by atoms with Gasteiger partial charge in [-0.15, -0.1) is 11.3 Å². The van der Waals surface area contributed by atoms with Crippen molar-refractivity contribution < 1.29 is 4.79 Å². The minimum atomic E-state index is 0.173. The molecular weight excluding hydrogens is 358 g/mol. The molecule has 3 aromatic rings. The summed E-state index contributed by atoms with van der Waals surface area (Å²) in [6, 6.07) is 9.98. The van der Waals surface area contributed by atoms with Crippen LogP contribution in [0.4, 0.5) is 5.69 Å². The fourth-order valence-electron chi connectivity index (χ4n) is 3.24. The van der Waals surface area contributed by atoms with Crippen LogP contribution in [-0.2, 0) is 17.8 Å². The van der Waals surface area contributed by atoms with E-state index in [0.29, 0.717) is 25.3 Å². The van der Waals surface area contributed by atoms with Gasteiger partial charge in [-0.05, 0) is 30.5 Å². The predicted octanol–water partition coefficient (Wildman–Crippen LogP) is 3.06. The highest BCUT2D eigenvalue weighted by atomic mass is 32.1. The van der Waals surface area contributed by atoms with Crippen LogP contribution in [0.2, 0.25) is 0 Å². The third kappa shape index (κ3) is 4.20. The normalized spacial score (nSPS) is 13.4. The Kier molecular flexibility index (Phi) is 5.50. The van der Waals surface area contributed by atoms with Crippen molar-refractivity contribution in [2.75, 3.05) is 18.0 Å². The summed E-state index contributed by atoms with van der Waals surface area (Å²) >= 11 is 1.53. The Labute approximate surface area is 162 Å². The number of carbonyl (C=O) groups is 1. The van der Waals surface area contributed by atoms with Gasteiger partial charge in [0.2, 0.25) is 5.91 Å². The molecule has 3 heterocycles. The smallest absolute Gasteiger partial charge is 0.228 e. The summed E-state index contributed by atoms with van der Waals surface area (Å²) in [5.41, 5.74) is 3.28. The van der Waals surface area contributed by atoms with Crippen LogP contribution < -0.4 is 10.2 Å². The van der Waals surface area contributed by atoms with Gasteiger partial charge in [0.05, 0.1) is 5.69 Å². The molecule has 0 unspecified atom stereocenters. The number of rotatable bonds is 6. The minimum absolute atomic E-state index is 0.173. The van der Waals surface area contributed by atoms with Crippen molar-refractivity contribution in [3.8, 4) is 10.8 Å². The van der Waals surface area contributed by atoms with Crippen molar-refractivity contribution >= 4 is 22.9 Å². The van der Waals surface area contributed by atoms with E-state index in [-0.39, 0.29) is 5.91 Å². The molecule has 0 atom stereocenters. The van der Waals surface area contributed by atoms with E-state index in [1.54, 1.807) is 18.5 Å². The number of nitrogens with one attached hydrogen (secondary N) is 1. The molecule has 6 nitrogen and oxygen atoms in total. The largest absolute Gasteiger partial charge is 0.312 e. The first-order valence-corrected chi connectivity index (χ1v) is 10.00. The van der Waals surface area contributed by atoms with E-state index in [2.05, 4.69) is 26.3 Å². The first-order valence-electron chi connectivity index (χ1n) is 9.12. The first-order chi connectivity index (χ1) is 13.3. The number of anilines is 1. The summed E-state index contributed by atoms with van der Waals surface area (Å²) < 4.78 is 0. The average Bonchev–Trinajstić information content (AvgIpc) is 3.20. The van der Waals surface area contributed by atoms with Gasteiger partial charge < -0.3 is 10.2 Å². The highest BCUT2D eigenvalue weighted by Gasteiger charge is 2.21. The Balaban J connectivity index is 1.27. The number of para-hydroxylation sites is 1. The van der Waals surface area contributed by atoms with Crippen LogP contribution in [-0.4, -0.2) is 33.9 Å². The number of hydrogen-bond acceptors (Lipinski definition) is 6. The molecule has 0 saturated carbocycles. The van der Waals surface area contributed by atoms with Gasteiger partial charge in [0.1, 0.15) is 0 Å². The van der Waals surface area contributed by atoms with E-state index >= 15 is 0 Å². The van der Waals surface area contributed by atoms with Crippen LogP contribution in [0.1, 0.15) is 24.1 Å². The number of thiazole rings is 1. The van der Waals surface area contributed by atoms with E-state index < -0.39 is 0 Å². The Hall–Kier alpha value is -2.64. The summed E-state index contributed by atoms with van der Waals surface area (Å²) in [4.78, 5) is 27.5. The quantitative estimate of drug-likeness (QED) is 0.667. The van der Waals surface area contributed by atoms with E-state index in [4.69, 9.17) is 0 Å². The molecule has 1 aromatic carbocycles. The topological polar surface area (TPSA) is 71.0 Å². The standard InChI is InChI=1S/C20H21N5OS/c26-18(25-12-3-6-15-5-1-2-7-17(15)25)8-11-21-13-16-14-27-20(24-16)19-22-9-4-10-23-19/h1-2,4-5,7,9-10,14,21H,3,6,8,11-13H2. The second-order valence-electron chi connectivity index (χ2n) is 6.42. The molecule has 0 spiro atoms. The van der Waals surface area contributed by atoms with E-state index in [9.17, 15) is 4.79 Å². The average molecular weight is 379 g/mol. The number of amides is 1. The maximum Gasteiger partial charge on any atom is 0.228 e. The Bertz CT molecular complexity index is 912. The fraction of sp³-hybridized carbons (Fsp3) is 0.300. The van der Waals surface area contributed by atoms with Crippen molar-refractivity contribution in [2.24, 2.45) is 0 Å². The number of aryl methyl sites for hydroxylation is 1. The summed E-state index contributed by atoms with van der Waals surface area (Å²) in [6.07, 6.45) is 5.99. The van der Waals surface area contributed by atoms with E-state index in [0.717, 1.165) is 35.8 Å². The molecule has 2 aromatic heterocycles. The third-order valence-electron chi connectivity index (χ3n) is 4.54. The van der Waals surface area contributed by atoms with Gasteiger partial charge in [0.25, 0.3) is 0 Å². The highest BCUT2D eigenvalue weighted by Crippen LogP contribution is 2.27. The molecule has 0 bridgehead atoms. The molecule has 1 amide bonds. The van der Waals surface area contributed by atoms with Crippen LogP contribution >= 0.6 is 11.3 Å². The highest BCUT2D eigenvalue weighted by molar-refractivity contribution is 7.13. The minimum Gasteiger partial charge on any atom is -0.312 e. The van der Waals surface area contributed by atoms with Crippen LogP contribution in [0.15, 0.2) is 48.1 Å². The molecule has 1 aliphatic heterocycles. The maximum atomic E-state index is 12.6. The van der Waals surface area contributed by atoms with Gasteiger partial charge >= 0.3 is 0 Å². The summed E-state index contributed by atoms with van der Waals surface area (Å²) in [5.74, 6) is 0.819. The van der Waals surface area contributed by atoms with Crippen LogP contribution in [0.25, 0.3) is 10.8 Å². The molecule has 7 heteroatoms. The van der Waals surface area contributed by atoms with Gasteiger partial charge in [-0.3, -0.25) is 4.79 Å². The van der Waals surface area contributed by atoms with Crippen LogP contribution in [0, 0.1) is 0 Å². The maximum absolute atomic E-state index is 12.6. The molecule has 1 N–H and O–H groups in total. The lowest BCUT2D eigenvalue weighted by Crippen LogP contribution is -2.37. The van der Waals surface area contributed by atoms with Gasteiger partial charge in [-0.2, -0.15) is 0 Å². The van der Waals surface area contributed by atoms with Crippen LogP contribution in [0.5, 0.6) is 0 Å². The van der Waals surface area contributed by atoms with Gasteiger partial charge in [-0.1, -0.05) is 18.2 Å². The van der Waals surface area contributed by atoms with Crippen molar-refractivity contribution in [1.29, 1.82) is 0 Å². The zero-order valence-corrected chi connectivity index (χ0v) is 15.8. The summed E-state index contributed by atoms with van der Waals surface area (Å²) in [5, 5.41) is 6.13. The number of fused-ring (bicyclic) bond motifs is 1. The molecule has 1 aliphatic rings. The lowest BCUT2D eigenvalue weighted by atomic mass is 10.0. The number of aromatic nitrogens is 3. The van der Waals surface area contributed by atoms with Crippen molar-refractivity contribution in [3.63, 3.8) is 0 Å². The lowest BCUT2D eigenvalue weighted by molar-refractivity contribution is -0.118. The zero-order chi connectivity index (χ0) is 18.5. The van der Waals surface area contributed by atoms with Crippen molar-refractivity contribution in [1.82, 2.24) is 20.3 Å². The predicted molar refractivity (Wildman–Crippen MR) is 107 cm³/mol. The summed E-state index contributed by atoms with van der Waals surface area (Å²) in [7, 11) is 0. The Morgan fingerprint density at radius 2 is 2.04 bits per heavy atom. The number of benzene rings is 1. The first kappa shape index (κ1) is 17.8. The van der Waals surface area contributed by atoms with Crippen molar-refractivity contribution in [3.05, 3.63) is 59.4 Å². The third-order valence-corrected chi connectivity index (χ3v) is 5.43. The zero-order valence-electron chi connectivity index (χ0n) is 15.0. The van der Waals surface area contributed by atoms with Gasteiger partial charge in [-0.25, -0.2) is 15.0 Å². The second-order valence-corrected chi connectivity index (χ2v) is 7.28. The van der Waals surface area contributed by atoms with Gasteiger partial charge in [0, 0.05) is 49.5 Å². The van der Waals surface area contributed by atoms with E-state index in [1.807, 2.05) is 28.5 Å². The molecule has 27 heavy (non-hydrogen) atoms. The summed E-state index contributed by atoms with van der Waals surface area (Å²) in [6.45, 7) is 2.07. The Morgan fingerprint density at radius 1 is 1.19 bits per heavy atom. The molecule has 0 saturated heterocycles. The second kappa shape index (κ2) is 8.37. The molecule has 0 fully saturated rings. The van der Waals surface area contributed by atoms with Crippen molar-refractivity contribution in [2.45, 2.75) is 25.8 Å². The number of nitrogens with zero attached hydrogens (tertiary/aromatic N) is 4. The molecular formula is C20H21N5OS. The molecule has 0 aliphatic carbocycles. The fourth-order valence-corrected chi connectivity index (χ4v) is 4.00. The van der Waals surface area contributed by atoms with E-state index in [1.165, 1.54) is 16.9 Å². The lowest BCUT2D eigenvalue weighted by Gasteiger charge is -2.29. The monoisotopic (exact) mass is 379 g/mol. The van der Waals surface area contributed by atoms with Crippen LogP contribution in [0.3, 0.4) is 0 Å². The Morgan fingerprint density at radius 3 is 2.93 bits per heavy atom. The number of carbonyl (C=O) groups excluding carboxylic acids is 1. The van der Waals surface area contributed by atoms with Gasteiger partial charge in [0.15, 0.2) is 10.8 Å². The number of hydrogen-bond donors (Lipinski definition) is 1. The molecule has 4 rings (SSSR count). The molecule has 138 valence electrons.